The summed E-state index contributed by atoms with van der Waals surface area (Å²) in [5.74, 6) is 0. The molecular weight excluding hydrogens is 246 g/mol. The van der Waals surface area contributed by atoms with Crippen molar-refractivity contribution >= 4 is 34.2 Å². The van der Waals surface area contributed by atoms with Gasteiger partial charge in [-0.15, -0.1) is 0 Å². The third-order valence-corrected chi connectivity index (χ3v) is 2.40. The number of hydrogen-bond donors (Lipinski definition) is 0. The summed E-state index contributed by atoms with van der Waals surface area (Å²) in [6, 6.07) is 0. The van der Waals surface area contributed by atoms with Crippen LogP contribution in [0.3, 0.4) is 0 Å². The Balaban J connectivity index is 4.06. The highest BCUT2D eigenvalue weighted by molar-refractivity contribution is 14.1. The summed E-state index contributed by atoms with van der Waals surface area (Å²) in [5.41, 5.74) is 0. The minimum Gasteiger partial charge on any atom is -0.0991 e. The van der Waals surface area contributed by atoms with Gasteiger partial charge in [-0.25, -0.2) is 0 Å². The maximum atomic E-state index is 5.65. The topological polar surface area (TPSA) is 0 Å². The summed E-state index contributed by atoms with van der Waals surface area (Å²) < 4.78 is 1.05. The molecule has 0 rings (SSSR count). The van der Waals surface area contributed by atoms with Crippen LogP contribution in [0.1, 0.15) is 6.92 Å². The van der Waals surface area contributed by atoms with E-state index >= 15 is 0 Å². The van der Waals surface area contributed by atoms with E-state index in [2.05, 4.69) is 29.2 Å². The van der Waals surface area contributed by atoms with Gasteiger partial charge in [0.15, 0.2) is 0 Å². The molecule has 2 heteroatoms. The zero-order chi connectivity index (χ0) is 7.28. The maximum absolute atomic E-state index is 5.65. The van der Waals surface area contributed by atoms with Gasteiger partial charge in [-0.2, -0.15) is 0 Å². The highest BCUT2D eigenvalue weighted by atomic mass is 127. The molecule has 0 spiro atoms. The van der Waals surface area contributed by atoms with Crippen molar-refractivity contribution in [2.45, 2.75) is 6.92 Å². The van der Waals surface area contributed by atoms with Crippen molar-refractivity contribution < 1.29 is 0 Å². The van der Waals surface area contributed by atoms with Crippen molar-refractivity contribution in [3.05, 3.63) is 33.4 Å². The highest BCUT2D eigenvalue weighted by Crippen LogP contribution is 2.16. The van der Waals surface area contributed by atoms with Gasteiger partial charge in [0.2, 0.25) is 0 Å². The summed E-state index contributed by atoms with van der Waals surface area (Å²) in [5, 5.41) is 0.814. The Morgan fingerprint density at radius 1 is 1.67 bits per heavy atom. The first-order valence-corrected chi connectivity index (χ1v) is 3.95. The van der Waals surface area contributed by atoms with Crippen molar-refractivity contribution in [1.29, 1.82) is 0 Å². The fraction of sp³-hybridized carbons (Fsp3) is 0.143. The van der Waals surface area contributed by atoms with Crippen LogP contribution in [-0.4, -0.2) is 0 Å². The largest absolute Gasteiger partial charge is 0.0991 e. The van der Waals surface area contributed by atoms with Crippen LogP contribution in [0.5, 0.6) is 0 Å². The molecule has 0 atom stereocenters. The van der Waals surface area contributed by atoms with Crippen LogP contribution in [0, 0.1) is 0 Å². The lowest BCUT2D eigenvalue weighted by molar-refractivity contribution is 1.65. The van der Waals surface area contributed by atoms with Gasteiger partial charge in [0.25, 0.3) is 0 Å². The summed E-state index contributed by atoms with van der Waals surface area (Å²) in [6.07, 6.45) is 5.49. The number of allylic oxidation sites excluding steroid dienone is 5. The molecule has 0 bridgehead atoms. The second kappa shape index (κ2) is 5.06. The van der Waals surface area contributed by atoms with E-state index in [0.717, 1.165) is 8.61 Å². The predicted molar refractivity (Wildman–Crippen MR) is 51.9 cm³/mol. The molecule has 0 saturated carbocycles. The maximum Gasteiger partial charge on any atom is 0.0283 e. The molecular formula is C7H8ClI. The summed E-state index contributed by atoms with van der Waals surface area (Å²) >= 11 is 7.82. The molecule has 0 N–H and O–H groups in total. The molecule has 0 radical (unpaired) electrons. The third-order valence-electron chi connectivity index (χ3n) is 0.708. The lowest BCUT2D eigenvalue weighted by Crippen LogP contribution is -1.63. The average molecular weight is 254 g/mol. The summed E-state index contributed by atoms with van der Waals surface area (Å²) in [6.45, 7) is 5.39. The average Bonchev–Trinajstić information content (AvgIpc) is 1.82. The highest BCUT2D eigenvalue weighted by Gasteiger charge is 1.86. The van der Waals surface area contributed by atoms with Crippen LogP contribution in [0.2, 0.25) is 0 Å². The Morgan fingerprint density at radius 3 is 2.56 bits per heavy atom. The number of halogens is 2. The van der Waals surface area contributed by atoms with Crippen molar-refractivity contribution in [2.24, 2.45) is 0 Å². The van der Waals surface area contributed by atoms with E-state index in [1.165, 1.54) is 0 Å². The fourth-order valence-electron chi connectivity index (χ4n) is 0.267. The van der Waals surface area contributed by atoms with Crippen LogP contribution < -0.4 is 0 Å². The van der Waals surface area contributed by atoms with Gasteiger partial charge in [0.1, 0.15) is 0 Å². The molecule has 0 aromatic rings. The fourth-order valence-corrected chi connectivity index (χ4v) is 0.538. The van der Waals surface area contributed by atoms with E-state index < -0.39 is 0 Å². The molecule has 0 aliphatic carbocycles. The first kappa shape index (κ1) is 9.24. The summed E-state index contributed by atoms with van der Waals surface area (Å²) in [7, 11) is 0. The normalized spacial score (nSPS) is 13.7. The molecule has 0 aliphatic rings. The molecule has 0 heterocycles. The second-order valence-electron chi connectivity index (χ2n) is 1.48. The van der Waals surface area contributed by atoms with Crippen molar-refractivity contribution in [2.75, 3.05) is 0 Å². The van der Waals surface area contributed by atoms with Crippen molar-refractivity contribution in [3.63, 3.8) is 0 Å². The Bertz CT molecular complexity index is 152. The van der Waals surface area contributed by atoms with Gasteiger partial charge in [-0.05, 0) is 35.6 Å². The Labute approximate surface area is 74.4 Å². The number of rotatable bonds is 2. The zero-order valence-corrected chi connectivity index (χ0v) is 8.11. The van der Waals surface area contributed by atoms with Crippen molar-refractivity contribution in [3.8, 4) is 0 Å². The van der Waals surface area contributed by atoms with Crippen LogP contribution in [0.15, 0.2) is 33.4 Å². The van der Waals surface area contributed by atoms with Crippen LogP contribution in [-0.2, 0) is 0 Å². The van der Waals surface area contributed by atoms with Gasteiger partial charge in [0, 0.05) is 8.61 Å². The van der Waals surface area contributed by atoms with E-state index in [1.54, 1.807) is 6.08 Å². The SMILES string of the molecule is C=C/C=C\C(I)=C(/C)Cl. The zero-order valence-electron chi connectivity index (χ0n) is 5.20. The minimum atomic E-state index is 0.814. The third kappa shape index (κ3) is 4.73. The van der Waals surface area contributed by atoms with Gasteiger partial charge < -0.3 is 0 Å². The molecule has 9 heavy (non-hydrogen) atoms. The van der Waals surface area contributed by atoms with Gasteiger partial charge in [0.05, 0.1) is 0 Å². The molecule has 0 saturated heterocycles. The first-order valence-electron chi connectivity index (χ1n) is 2.49. The second-order valence-corrected chi connectivity index (χ2v) is 3.21. The van der Waals surface area contributed by atoms with Crippen LogP contribution in [0.25, 0.3) is 0 Å². The van der Waals surface area contributed by atoms with Crippen LogP contribution in [0.4, 0.5) is 0 Å². The summed E-state index contributed by atoms with van der Waals surface area (Å²) in [4.78, 5) is 0. The van der Waals surface area contributed by atoms with E-state index in [0.29, 0.717) is 0 Å². The lowest BCUT2D eigenvalue weighted by atomic mass is 10.4. The van der Waals surface area contributed by atoms with E-state index in [9.17, 15) is 0 Å². The Morgan fingerprint density at radius 2 is 2.22 bits per heavy atom. The molecule has 0 nitrogen and oxygen atoms in total. The quantitative estimate of drug-likeness (QED) is 0.521. The van der Waals surface area contributed by atoms with Gasteiger partial charge in [-0.3, -0.25) is 0 Å². The Kier molecular flexibility index (Phi) is 5.19. The smallest absolute Gasteiger partial charge is 0.0283 e. The van der Waals surface area contributed by atoms with E-state index in [1.807, 2.05) is 19.1 Å². The Hall–Kier alpha value is 0.240. The molecule has 0 fully saturated rings. The minimum absolute atomic E-state index is 0.814. The van der Waals surface area contributed by atoms with Crippen LogP contribution >= 0.6 is 34.2 Å². The molecule has 0 amide bonds. The molecule has 50 valence electrons. The molecule has 0 aromatic carbocycles. The first-order chi connectivity index (χ1) is 4.18. The molecule has 0 aromatic heterocycles. The number of hydrogen-bond acceptors (Lipinski definition) is 0. The predicted octanol–water partition coefficient (Wildman–Crippen LogP) is 3.63. The standard InChI is InChI=1S/C7H8ClI/c1-3-4-5-7(9)6(2)8/h3-5H,1H2,2H3/b5-4-,7-6-. The molecule has 0 aliphatic heterocycles. The van der Waals surface area contributed by atoms with Crippen molar-refractivity contribution in [1.82, 2.24) is 0 Å². The van der Waals surface area contributed by atoms with Gasteiger partial charge >= 0.3 is 0 Å². The van der Waals surface area contributed by atoms with Gasteiger partial charge in [-0.1, -0.05) is 30.3 Å². The van der Waals surface area contributed by atoms with E-state index in [4.69, 9.17) is 11.6 Å². The monoisotopic (exact) mass is 254 g/mol. The molecule has 0 unspecified atom stereocenters. The van der Waals surface area contributed by atoms with E-state index in [-0.39, 0.29) is 0 Å². The lowest BCUT2D eigenvalue weighted by Gasteiger charge is -1.87.